The number of rotatable bonds is 6. The van der Waals surface area contributed by atoms with Gasteiger partial charge in [-0.15, -0.1) is 0 Å². The van der Waals surface area contributed by atoms with Crippen LogP contribution in [0.25, 0.3) is 0 Å². The number of benzene rings is 2. The molecule has 0 aromatic heterocycles. The summed E-state index contributed by atoms with van der Waals surface area (Å²) in [6.45, 7) is 6.45. The van der Waals surface area contributed by atoms with Gasteiger partial charge < -0.3 is 0 Å². The maximum atomic E-state index is 11.2. The summed E-state index contributed by atoms with van der Waals surface area (Å²) in [5.41, 5.74) is 2.65. The van der Waals surface area contributed by atoms with E-state index in [0.717, 1.165) is 33.6 Å². The van der Waals surface area contributed by atoms with Gasteiger partial charge in [0.1, 0.15) is 0 Å². The Kier molecular flexibility index (Phi) is 7.68. The zero-order valence-electron chi connectivity index (χ0n) is 13.6. The molecule has 0 aliphatic heterocycles. The van der Waals surface area contributed by atoms with E-state index in [4.69, 9.17) is 9.05 Å². The van der Waals surface area contributed by atoms with Crippen LogP contribution >= 0.6 is 7.72 Å². The molecule has 2 aromatic carbocycles. The van der Waals surface area contributed by atoms with Crippen LogP contribution in [-0.2, 0) is 9.05 Å². The van der Waals surface area contributed by atoms with E-state index in [1.807, 2.05) is 63.2 Å². The van der Waals surface area contributed by atoms with Crippen LogP contribution in [0, 0.1) is 13.8 Å². The van der Waals surface area contributed by atoms with E-state index in [0.29, 0.717) is 6.61 Å². The van der Waals surface area contributed by atoms with Crippen LogP contribution < -0.4 is 10.6 Å². The summed E-state index contributed by atoms with van der Waals surface area (Å²) in [6.07, 6.45) is 0.910. The summed E-state index contributed by atoms with van der Waals surface area (Å²) >= 11 is 0. The Balaban J connectivity index is 0.00000264. The third-order valence-electron chi connectivity index (χ3n) is 3.88. The molecule has 0 spiro atoms. The Morgan fingerprint density at radius 3 is 2.04 bits per heavy atom. The molecular formula is C18H24LiO3P. The topological polar surface area (TPSA) is 35.5 Å². The molecule has 0 amide bonds. The molecule has 0 atom stereocenters. The fourth-order valence-electron chi connectivity index (χ4n) is 2.84. The van der Waals surface area contributed by atoms with Crippen LogP contribution in [0.3, 0.4) is 0 Å². The molecule has 3 nitrogen and oxygen atoms in total. The van der Waals surface area contributed by atoms with Crippen molar-refractivity contribution in [3.05, 3.63) is 59.2 Å². The van der Waals surface area contributed by atoms with Crippen LogP contribution in [0.15, 0.2) is 42.5 Å². The first-order chi connectivity index (χ1) is 10.6. The van der Waals surface area contributed by atoms with Crippen molar-refractivity contribution < 1.29 is 13.8 Å². The van der Waals surface area contributed by atoms with E-state index in [-0.39, 0.29) is 18.9 Å². The van der Waals surface area contributed by atoms with Gasteiger partial charge in [0, 0.05) is 0 Å². The molecule has 0 unspecified atom stereocenters. The molecule has 0 saturated carbocycles. The van der Waals surface area contributed by atoms with Crippen molar-refractivity contribution >= 4 is 43.5 Å². The number of carbonyl (C=O) groups is 1. The fourth-order valence-corrected chi connectivity index (χ4v) is 5.95. The third-order valence-corrected chi connectivity index (χ3v) is 7.29. The van der Waals surface area contributed by atoms with Gasteiger partial charge in [0.25, 0.3) is 0 Å². The van der Waals surface area contributed by atoms with E-state index >= 15 is 0 Å². The van der Waals surface area contributed by atoms with Gasteiger partial charge in [-0.3, -0.25) is 0 Å². The molecule has 2 rings (SSSR count). The molecule has 120 valence electrons. The summed E-state index contributed by atoms with van der Waals surface area (Å²) < 4.78 is 12.1. The molecule has 5 heteroatoms. The van der Waals surface area contributed by atoms with Gasteiger partial charge >= 0.3 is 151 Å². The first kappa shape index (κ1) is 20.1. The van der Waals surface area contributed by atoms with Gasteiger partial charge in [0.05, 0.1) is 0 Å². The number of carbonyl (C=O) groups excluding carboxylic acids is 1. The molecule has 23 heavy (non-hydrogen) atoms. The van der Waals surface area contributed by atoms with Crippen molar-refractivity contribution in [2.45, 2.75) is 20.8 Å². The molecule has 0 radical (unpaired) electrons. The number of aldehydes is 1. The summed E-state index contributed by atoms with van der Waals surface area (Å²) in [6, 6.07) is 14.1. The number of aryl methyl sites for hydroxylation is 2. The normalized spacial score (nSPS) is 11.7. The molecule has 0 bridgehead atoms. The van der Waals surface area contributed by atoms with Gasteiger partial charge in [-0.2, -0.15) is 0 Å². The summed E-state index contributed by atoms with van der Waals surface area (Å²) in [7, 11) is -1.03. The summed E-state index contributed by atoms with van der Waals surface area (Å²) in [4.78, 5) is 11.2. The second kappa shape index (κ2) is 8.78. The van der Waals surface area contributed by atoms with Gasteiger partial charge in [-0.05, 0) is 0 Å². The van der Waals surface area contributed by atoms with E-state index in [1.54, 1.807) is 7.11 Å². The van der Waals surface area contributed by atoms with Gasteiger partial charge in [0.2, 0.25) is 0 Å². The quantitative estimate of drug-likeness (QED) is 0.465. The average molecular weight is 326 g/mol. The summed E-state index contributed by atoms with van der Waals surface area (Å²) in [5, 5.41) is 2.10. The van der Waals surface area contributed by atoms with E-state index in [1.165, 1.54) is 0 Å². The Labute approximate surface area is 151 Å². The van der Waals surface area contributed by atoms with Crippen LogP contribution in [0.5, 0.6) is 0 Å². The molecule has 0 fully saturated rings. The zero-order valence-corrected chi connectivity index (χ0v) is 14.6. The Bertz CT molecular complexity index is 638. The summed E-state index contributed by atoms with van der Waals surface area (Å²) in [5.74, 6) is 0. The van der Waals surface area contributed by atoms with Crippen LogP contribution in [0.2, 0.25) is 0 Å². The van der Waals surface area contributed by atoms with Crippen molar-refractivity contribution in [2.24, 2.45) is 0 Å². The van der Waals surface area contributed by atoms with Crippen molar-refractivity contribution in [1.82, 2.24) is 0 Å². The average Bonchev–Trinajstić information content (AvgIpc) is 2.53. The molecular weight excluding hydrogens is 302 g/mol. The Hall–Kier alpha value is -0.943. The third kappa shape index (κ3) is 3.94. The molecule has 0 saturated heterocycles. The molecule has 0 heterocycles. The SMILES string of the molecule is CCO[PH](OC)(c1ccccc1)c1cc(C)c(C=O)c(C)c1.[LiH]. The maximum absolute atomic E-state index is 11.2. The standard InChI is InChI=1S/C18H23O3P.Li.H/c1-5-21-22(20-4,16-9-7-6-8-10-16)17-11-14(2)18(13-19)15(3)12-17;;/h6-13,22H,5H2,1-4H3;;. The minimum atomic E-state index is -2.74. The molecule has 0 aliphatic rings. The van der Waals surface area contributed by atoms with Crippen molar-refractivity contribution in [3.63, 3.8) is 0 Å². The second-order valence-corrected chi connectivity index (χ2v) is 8.35. The molecule has 0 aliphatic carbocycles. The van der Waals surface area contributed by atoms with Crippen LogP contribution in [0.4, 0.5) is 0 Å². The molecule has 0 N–H and O–H groups in total. The second-order valence-electron chi connectivity index (χ2n) is 5.26. The first-order valence-electron chi connectivity index (χ1n) is 7.40. The van der Waals surface area contributed by atoms with Crippen molar-refractivity contribution in [2.75, 3.05) is 13.7 Å². The van der Waals surface area contributed by atoms with Gasteiger partial charge in [-0.1, -0.05) is 0 Å². The van der Waals surface area contributed by atoms with E-state index < -0.39 is 7.72 Å². The number of hydrogen-bond acceptors (Lipinski definition) is 3. The minimum absolute atomic E-state index is 0. The van der Waals surface area contributed by atoms with Gasteiger partial charge in [0.15, 0.2) is 0 Å². The first-order valence-corrected chi connectivity index (χ1v) is 9.22. The van der Waals surface area contributed by atoms with Crippen LogP contribution in [-0.4, -0.2) is 38.9 Å². The monoisotopic (exact) mass is 326 g/mol. The van der Waals surface area contributed by atoms with E-state index in [2.05, 4.69) is 0 Å². The number of hydrogen-bond donors (Lipinski definition) is 0. The van der Waals surface area contributed by atoms with Gasteiger partial charge in [-0.25, -0.2) is 0 Å². The van der Waals surface area contributed by atoms with E-state index in [9.17, 15) is 4.79 Å². The molecule has 2 aromatic rings. The predicted molar refractivity (Wildman–Crippen MR) is 101 cm³/mol. The Morgan fingerprint density at radius 2 is 1.61 bits per heavy atom. The van der Waals surface area contributed by atoms with Crippen molar-refractivity contribution in [1.29, 1.82) is 0 Å². The van der Waals surface area contributed by atoms with Crippen LogP contribution in [0.1, 0.15) is 28.4 Å². The zero-order chi connectivity index (χ0) is 16.2. The fraction of sp³-hybridized carbons (Fsp3) is 0.278. The Morgan fingerprint density at radius 1 is 1.04 bits per heavy atom. The predicted octanol–water partition coefficient (Wildman–Crippen LogP) is 2.68. The van der Waals surface area contributed by atoms with Crippen molar-refractivity contribution in [3.8, 4) is 0 Å².